The summed E-state index contributed by atoms with van der Waals surface area (Å²) in [6.07, 6.45) is 2.67. The zero-order valence-electron chi connectivity index (χ0n) is 34.8. The number of aryl methyl sites for hydroxylation is 1. The third-order valence-corrected chi connectivity index (χ3v) is 10.00. The molecule has 0 aliphatic heterocycles. The number of nitrogens with zero attached hydrogens (tertiary/aromatic N) is 1. The summed E-state index contributed by atoms with van der Waals surface area (Å²) in [5.74, 6) is -0.707. The zero-order chi connectivity index (χ0) is 42.1. The fourth-order valence-electron chi connectivity index (χ4n) is 6.78. The van der Waals surface area contributed by atoms with Gasteiger partial charge < -0.3 is 40.6 Å². The molecule has 13 nitrogen and oxygen atoms in total. The van der Waals surface area contributed by atoms with Crippen LogP contribution in [0.4, 0.5) is 10.5 Å². The Morgan fingerprint density at radius 3 is 2.21 bits per heavy atom. The predicted molar refractivity (Wildman–Crippen MR) is 226 cm³/mol. The number of aliphatic imine (C=N–C) groups is 1. The minimum Gasteiger partial charge on any atom is -0.444 e. The Bertz CT molecular complexity index is 1850. The predicted octanol–water partition coefficient (Wildman–Crippen LogP) is 5.85. The average molecular weight is 800 g/mol. The number of aliphatic hydroxyl groups excluding tert-OH is 1. The van der Waals surface area contributed by atoms with Crippen molar-refractivity contribution in [3.05, 3.63) is 89.0 Å². The molecule has 0 radical (unpaired) electrons. The van der Waals surface area contributed by atoms with Crippen LogP contribution >= 0.6 is 0 Å². The van der Waals surface area contributed by atoms with Crippen LogP contribution < -0.4 is 21.3 Å². The highest BCUT2D eigenvalue weighted by Gasteiger charge is 2.30. The largest absolute Gasteiger partial charge is 0.444 e. The van der Waals surface area contributed by atoms with Crippen LogP contribution in [-0.2, 0) is 30.2 Å². The van der Waals surface area contributed by atoms with Crippen LogP contribution in [0.15, 0.2) is 71.7 Å². The number of anilines is 1. The van der Waals surface area contributed by atoms with Gasteiger partial charge in [0.25, 0.3) is 5.91 Å². The lowest BCUT2D eigenvalue weighted by Gasteiger charge is -2.29. The molecule has 13 heteroatoms. The summed E-state index contributed by atoms with van der Waals surface area (Å²) in [4.78, 5) is 56.9. The van der Waals surface area contributed by atoms with E-state index in [4.69, 9.17) is 19.3 Å². The van der Waals surface area contributed by atoms with Crippen molar-refractivity contribution >= 4 is 35.2 Å². The zero-order valence-corrected chi connectivity index (χ0v) is 34.8. The molecular formula is C45H61N5O8. The molecule has 1 unspecified atom stereocenters. The summed E-state index contributed by atoms with van der Waals surface area (Å²) in [5, 5.41) is 20.6. The van der Waals surface area contributed by atoms with Gasteiger partial charge in [-0.15, -0.1) is 0 Å². The Hall–Kier alpha value is -5.11. The first-order chi connectivity index (χ1) is 27.8. The van der Waals surface area contributed by atoms with Gasteiger partial charge in [-0.05, 0) is 118 Å². The van der Waals surface area contributed by atoms with Crippen molar-refractivity contribution in [2.75, 3.05) is 58.5 Å². The van der Waals surface area contributed by atoms with E-state index >= 15 is 0 Å². The third-order valence-electron chi connectivity index (χ3n) is 10.00. The van der Waals surface area contributed by atoms with E-state index in [0.717, 1.165) is 46.4 Å². The van der Waals surface area contributed by atoms with Gasteiger partial charge in [0.2, 0.25) is 11.8 Å². The van der Waals surface area contributed by atoms with E-state index in [0.29, 0.717) is 57.0 Å². The Labute approximate surface area is 342 Å². The van der Waals surface area contributed by atoms with Crippen molar-refractivity contribution in [2.24, 2.45) is 16.8 Å². The van der Waals surface area contributed by atoms with Gasteiger partial charge in [-0.3, -0.25) is 19.4 Å². The fraction of sp³-hybridized carbons (Fsp3) is 0.489. The maximum Gasteiger partial charge on any atom is 0.407 e. The molecule has 0 heterocycles. The van der Waals surface area contributed by atoms with Crippen LogP contribution in [0.2, 0.25) is 0 Å². The number of carbonyl (C=O) groups is 4. The van der Waals surface area contributed by atoms with E-state index < -0.39 is 17.7 Å². The minimum absolute atomic E-state index is 0.0344. The quantitative estimate of drug-likeness (QED) is 0.0741. The number of hydrogen-bond acceptors (Lipinski definition) is 9. The van der Waals surface area contributed by atoms with Crippen molar-refractivity contribution in [3.8, 4) is 11.1 Å². The van der Waals surface area contributed by atoms with Crippen LogP contribution in [0.5, 0.6) is 0 Å². The summed E-state index contributed by atoms with van der Waals surface area (Å²) in [5.41, 5.74) is 6.04. The van der Waals surface area contributed by atoms with E-state index in [-0.39, 0.29) is 49.2 Å². The normalized spacial score (nSPS) is 16.2. The van der Waals surface area contributed by atoms with E-state index in [1.54, 1.807) is 13.1 Å². The molecule has 3 aromatic rings. The van der Waals surface area contributed by atoms with E-state index in [1.165, 1.54) is 0 Å². The molecule has 5 N–H and O–H groups in total. The molecule has 314 valence electrons. The number of amides is 4. The highest BCUT2D eigenvalue weighted by molar-refractivity contribution is 6.00. The summed E-state index contributed by atoms with van der Waals surface area (Å²) >= 11 is 0. The van der Waals surface area contributed by atoms with Crippen LogP contribution in [-0.4, -0.2) is 99.4 Å². The number of ether oxygens (including phenoxy) is 3. The molecule has 0 aromatic heterocycles. The van der Waals surface area contributed by atoms with Crippen molar-refractivity contribution in [2.45, 2.75) is 78.4 Å². The lowest BCUT2D eigenvalue weighted by Crippen LogP contribution is -2.48. The van der Waals surface area contributed by atoms with Crippen LogP contribution in [0.3, 0.4) is 0 Å². The SMILES string of the molecule is CN=C(C)c1ccc(NC(=O)C(Cc2cccc(-c3ccc(C(=O)NCCOCCOCCO)cc3C)c2)NC(=O)C2CCC(CNC(=O)OC(C)(C)C)CC2)cc1. The lowest BCUT2D eigenvalue weighted by atomic mass is 9.81. The molecule has 0 bridgehead atoms. The maximum atomic E-state index is 13.9. The first kappa shape index (κ1) is 45.6. The van der Waals surface area contributed by atoms with Crippen LogP contribution in [0.25, 0.3) is 11.1 Å². The Balaban J connectivity index is 1.42. The van der Waals surface area contributed by atoms with Crippen molar-refractivity contribution < 1.29 is 38.5 Å². The first-order valence-corrected chi connectivity index (χ1v) is 20.1. The third kappa shape index (κ3) is 15.0. The number of hydrogen-bond donors (Lipinski definition) is 5. The molecule has 4 rings (SSSR count). The number of aliphatic hydroxyl groups is 1. The molecule has 1 aliphatic carbocycles. The molecule has 1 atom stereocenters. The van der Waals surface area contributed by atoms with Crippen LogP contribution in [0, 0.1) is 18.8 Å². The second-order valence-corrected chi connectivity index (χ2v) is 15.7. The Kier molecular flexibility index (Phi) is 17.9. The van der Waals surface area contributed by atoms with Gasteiger partial charge in [0.1, 0.15) is 11.6 Å². The second-order valence-electron chi connectivity index (χ2n) is 15.7. The van der Waals surface area contributed by atoms with Crippen molar-refractivity contribution in [3.63, 3.8) is 0 Å². The lowest BCUT2D eigenvalue weighted by molar-refractivity contribution is -0.130. The molecular weight excluding hydrogens is 739 g/mol. The number of rotatable bonds is 19. The van der Waals surface area contributed by atoms with Crippen molar-refractivity contribution in [1.29, 1.82) is 0 Å². The first-order valence-electron chi connectivity index (χ1n) is 20.1. The van der Waals surface area contributed by atoms with E-state index in [9.17, 15) is 19.2 Å². The minimum atomic E-state index is -0.850. The van der Waals surface area contributed by atoms with E-state index in [2.05, 4.69) is 26.3 Å². The Morgan fingerprint density at radius 1 is 0.862 bits per heavy atom. The van der Waals surface area contributed by atoms with Gasteiger partial charge in [-0.25, -0.2) is 4.79 Å². The molecule has 0 spiro atoms. The maximum absolute atomic E-state index is 13.9. The van der Waals surface area contributed by atoms with Crippen LogP contribution in [0.1, 0.15) is 80.4 Å². The summed E-state index contributed by atoms with van der Waals surface area (Å²) in [7, 11) is 1.73. The topological polar surface area (TPSA) is 177 Å². The molecule has 1 fully saturated rings. The monoisotopic (exact) mass is 799 g/mol. The summed E-state index contributed by atoms with van der Waals surface area (Å²) in [6.45, 7) is 11.5. The summed E-state index contributed by atoms with van der Waals surface area (Å²) in [6, 6.07) is 20.0. The highest BCUT2D eigenvalue weighted by Crippen LogP contribution is 2.30. The van der Waals surface area contributed by atoms with Crippen molar-refractivity contribution in [1.82, 2.24) is 16.0 Å². The van der Waals surface area contributed by atoms with Gasteiger partial charge in [0.05, 0.1) is 33.0 Å². The average Bonchev–Trinajstić information content (AvgIpc) is 3.20. The molecule has 3 aromatic carbocycles. The molecule has 58 heavy (non-hydrogen) atoms. The molecule has 1 aliphatic rings. The number of benzene rings is 3. The number of nitrogens with one attached hydrogen (secondary N) is 4. The van der Waals surface area contributed by atoms with Gasteiger partial charge in [-0.1, -0.05) is 42.5 Å². The molecule has 1 saturated carbocycles. The number of alkyl carbamates (subject to hydrolysis) is 1. The van der Waals surface area contributed by atoms with Gasteiger partial charge in [0.15, 0.2) is 0 Å². The van der Waals surface area contributed by atoms with E-state index in [1.807, 2.05) is 95.3 Å². The molecule has 4 amide bonds. The van der Waals surface area contributed by atoms with Gasteiger partial charge in [-0.2, -0.15) is 0 Å². The second kappa shape index (κ2) is 22.7. The van der Waals surface area contributed by atoms with Gasteiger partial charge >= 0.3 is 6.09 Å². The molecule has 0 saturated heterocycles. The smallest absolute Gasteiger partial charge is 0.407 e. The van der Waals surface area contributed by atoms with Gasteiger partial charge in [0, 0.05) is 49.4 Å². The Morgan fingerprint density at radius 2 is 1.55 bits per heavy atom. The summed E-state index contributed by atoms with van der Waals surface area (Å²) < 4.78 is 16.0. The highest BCUT2D eigenvalue weighted by atomic mass is 16.6. The fourth-order valence-corrected chi connectivity index (χ4v) is 6.78. The standard InChI is InChI=1S/C45H61N5O8/c1-30-26-37(41(52)47-20-22-56-24-25-57-23-21-51)16-19-39(30)36-9-7-8-33(27-36)28-40(43(54)49-38-17-14-34(15-18-38)31(2)46-6)50-42(53)35-12-10-32(11-13-35)29-48-44(55)58-45(3,4)5/h7-9,14-19,26-27,32,35,40,51H,10-13,20-25,28-29H2,1-6H3,(H,47,52)(H,48,55)(H,49,54)(H,50,53). The number of carbonyl (C=O) groups excluding carboxylic acids is 4.